The van der Waals surface area contributed by atoms with Gasteiger partial charge in [-0.2, -0.15) is 0 Å². The van der Waals surface area contributed by atoms with Crippen LogP contribution in [0.5, 0.6) is 0 Å². The number of piperidine rings is 1. The number of carboxylic acid groups (broad SMARTS) is 1. The fourth-order valence-electron chi connectivity index (χ4n) is 2.07. The lowest BCUT2D eigenvalue weighted by Crippen LogP contribution is -2.41. The van der Waals surface area contributed by atoms with Gasteiger partial charge in [0.2, 0.25) is 5.91 Å². The van der Waals surface area contributed by atoms with E-state index in [0.29, 0.717) is 12.3 Å². The van der Waals surface area contributed by atoms with Crippen LogP contribution in [0, 0.1) is 5.92 Å². The van der Waals surface area contributed by atoms with Crippen molar-refractivity contribution in [2.75, 3.05) is 18.8 Å². The molecule has 0 spiro atoms. The summed E-state index contributed by atoms with van der Waals surface area (Å²) in [7, 11) is 0. The largest absolute Gasteiger partial charge is 0.481 e. The molecule has 1 aliphatic heterocycles. The number of likely N-dealkylation sites (tertiary alicyclic amines) is 1. The average molecular weight is 273 g/mol. The molecule has 1 rings (SSSR count). The smallest absolute Gasteiger partial charge is 0.303 e. The van der Waals surface area contributed by atoms with Crippen LogP contribution < -0.4 is 0 Å². The highest BCUT2D eigenvalue weighted by molar-refractivity contribution is 8.01. The second kappa shape index (κ2) is 6.45. The van der Waals surface area contributed by atoms with Gasteiger partial charge in [-0.3, -0.25) is 9.59 Å². The van der Waals surface area contributed by atoms with Gasteiger partial charge >= 0.3 is 5.97 Å². The molecule has 0 aromatic rings. The van der Waals surface area contributed by atoms with Gasteiger partial charge in [0.05, 0.1) is 5.75 Å². The number of rotatable bonds is 4. The first-order chi connectivity index (χ1) is 8.28. The lowest BCUT2D eigenvalue weighted by atomic mass is 9.95. The molecule has 1 saturated heterocycles. The summed E-state index contributed by atoms with van der Waals surface area (Å²) in [6, 6.07) is 0. The minimum absolute atomic E-state index is 0.0892. The maximum atomic E-state index is 12.0. The van der Waals surface area contributed by atoms with Crippen LogP contribution in [-0.4, -0.2) is 45.5 Å². The fourth-order valence-corrected chi connectivity index (χ4v) is 2.81. The van der Waals surface area contributed by atoms with Crippen LogP contribution in [0.25, 0.3) is 0 Å². The number of hydrogen-bond acceptors (Lipinski definition) is 3. The Kier molecular flexibility index (Phi) is 5.50. The number of amides is 1. The van der Waals surface area contributed by atoms with Gasteiger partial charge in [-0.05, 0) is 18.8 Å². The number of hydrogen-bond donors (Lipinski definition) is 1. The molecule has 104 valence electrons. The van der Waals surface area contributed by atoms with E-state index < -0.39 is 5.97 Å². The number of carbonyl (C=O) groups excluding carboxylic acids is 1. The molecular formula is C13H23NO3S. The van der Waals surface area contributed by atoms with Crippen molar-refractivity contribution >= 4 is 23.6 Å². The molecule has 1 aliphatic rings. The second-order valence-electron chi connectivity index (χ2n) is 5.85. The van der Waals surface area contributed by atoms with E-state index in [2.05, 4.69) is 20.8 Å². The molecule has 1 unspecified atom stereocenters. The highest BCUT2D eigenvalue weighted by atomic mass is 32.2. The number of thioether (sulfide) groups is 1. The van der Waals surface area contributed by atoms with Crippen molar-refractivity contribution in [3.8, 4) is 0 Å². The molecule has 1 N–H and O–H groups in total. The Morgan fingerprint density at radius 3 is 2.61 bits per heavy atom. The summed E-state index contributed by atoms with van der Waals surface area (Å²) in [4.78, 5) is 24.6. The molecule has 18 heavy (non-hydrogen) atoms. The Bertz CT molecular complexity index is 312. The van der Waals surface area contributed by atoms with Crippen LogP contribution in [0.2, 0.25) is 0 Å². The van der Waals surface area contributed by atoms with Gasteiger partial charge in [-0.1, -0.05) is 20.8 Å². The molecule has 0 aromatic heterocycles. The first kappa shape index (κ1) is 15.3. The third-order valence-corrected chi connectivity index (χ3v) is 4.22. The van der Waals surface area contributed by atoms with Gasteiger partial charge in [-0.25, -0.2) is 0 Å². The summed E-state index contributed by atoms with van der Waals surface area (Å²) in [5.41, 5.74) is 0. The molecular weight excluding hydrogens is 250 g/mol. The number of carbonyl (C=O) groups is 2. The van der Waals surface area contributed by atoms with E-state index in [1.54, 1.807) is 11.8 Å². The van der Waals surface area contributed by atoms with Gasteiger partial charge < -0.3 is 10.0 Å². The molecule has 4 nitrogen and oxygen atoms in total. The zero-order valence-electron chi connectivity index (χ0n) is 11.4. The van der Waals surface area contributed by atoms with Crippen molar-refractivity contribution in [2.45, 2.75) is 44.8 Å². The zero-order valence-corrected chi connectivity index (χ0v) is 12.3. The highest BCUT2D eigenvalue weighted by Gasteiger charge is 2.26. The predicted octanol–water partition coefficient (Wildman–Crippen LogP) is 2.23. The molecule has 1 fully saturated rings. The monoisotopic (exact) mass is 273 g/mol. The van der Waals surface area contributed by atoms with Gasteiger partial charge in [0.25, 0.3) is 0 Å². The highest BCUT2D eigenvalue weighted by Crippen LogP contribution is 2.25. The molecule has 0 bridgehead atoms. The summed E-state index contributed by atoms with van der Waals surface area (Å²) in [5.74, 6) is -0.00765. The van der Waals surface area contributed by atoms with E-state index in [1.807, 2.05) is 4.90 Å². The Hall–Kier alpha value is -0.710. The molecule has 0 aliphatic carbocycles. The van der Waals surface area contributed by atoms with Crippen molar-refractivity contribution in [3.05, 3.63) is 0 Å². The Labute approximate surface area is 113 Å². The summed E-state index contributed by atoms with van der Waals surface area (Å²) in [6.45, 7) is 7.66. The van der Waals surface area contributed by atoms with E-state index in [1.165, 1.54) is 0 Å². The van der Waals surface area contributed by atoms with Crippen LogP contribution in [0.4, 0.5) is 0 Å². The maximum absolute atomic E-state index is 12.0. The molecule has 0 saturated carbocycles. The van der Waals surface area contributed by atoms with Crippen molar-refractivity contribution in [1.29, 1.82) is 0 Å². The summed E-state index contributed by atoms with van der Waals surface area (Å²) in [5, 5.41) is 8.79. The second-order valence-corrected chi connectivity index (χ2v) is 7.65. The molecule has 0 radical (unpaired) electrons. The van der Waals surface area contributed by atoms with Gasteiger partial charge in [0.15, 0.2) is 0 Å². The van der Waals surface area contributed by atoms with E-state index in [-0.39, 0.29) is 23.0 Å². The maximum Gasteiger partial charge on any atom is 0.303 e. The predicted molar refractivity (Wildman–Crippen MR) is 73.8 cm³/mol. The quantitative estimate of drug-likeness (QED) is 0.853. The van der Waals surface area contributed by atoms with Crippen LogP contribution in [-0.2, 0) is 9.59 Å². The summed E-state index contributed by atoms with van der Waals surface area (Å²) >= 11 is 1.64. The van der Waals surface area contributed by atoms with Crippen molar-refractivity contribution < 1.29 is 14.7 Å². The Balaban J connectivity index is 2.41. The third-order valence-electron chi connectivity index (χ3n) is 2.96. The number of carboxylic acids is 1. The summed E-state index contributed by atoms with van der Waals surface area (Å²) in [6.07, 6.45) is 2.02. The Morgan fingerprint density at radius 1 is 1.39 bits per heavy atom. The van der Waals surface area contributed by atoms with E-state index in [4.69, 9.17) is 5.11 Å². The average Bonchev–Trinajstić information content (AvgIpc) is 2.24. The normalized spacial score (nSPS) is 20.8. The van der Waals surface area contributed by atoms with E-state index >= 15 is 0 Å². The molecule has 0 aromatic carbocycles. The molecule has 1 amide bonds. The van der Waals surface area contributed by atoms with E-state index in [0.717, 1.165) is 19.4 Å². The zero-order chi connectivity index (χ0) is 13.8. The van der Waals surface area contributed by atoms with Crippen LogP contribution in [0.3, 0.4) is 0 Å². The van der Waals surface area contributed by atoms with Crippen LogP contribution >= 0.6 is 11.8 Å². The van der Waals surface area contributed by atoms with Gasteiger partial charge in [0.1, 0.15) is 0 Å². The van der Waals surface area contributed by atoms with Crippen LogP contribution in [0.15, 0.2) is 0 Å². The third kappa shape index (κ3) is 5.76. The lowest BCUT2D eigenvalue weighted by molar-refractivity contribution is -0.140. The molecule has 5 heteroatoms. The first-order valence-electron chi connectivity index (χ1n) is 6.41. The summed E-state index contributed by atoms with van der Waals surface area (Å²) < 4.78 is 0.0892. The topological polar surface area (TPSA) is 57.6 Å². The number of nitrogens with zero attached hydrogens (tertiary/aromatic N) is 1. The molecule has 1 heterocycles. The SMILES string of the molecule is CC(C)(C)SCC(=O)N1CCCC(CC(=O)O)C1. The fraction of sp³-hybridized carbons (Fsp3) is 0.846. The Morgan fingerprint density at radius 2 is 2.06 bits per heavy atom. The van der Waals surface area contributed by atoms with Crippen LogP contribution in [0.1, 0.15) is 40.0 Å². The van der Waals surface area contributed by atoms with Gasteiger partial charge in [-0.15, -0.1) is 11.8 Å². The van der Waals surface area contributed by atoms with Crippen molar-refractivity contribution in [3.63, 3.8) is 0 Å². The lowest BCUT2D eigenvalue weighted by Gasteiger charge is -2.32. The molecule has 1 atom stereocenters. The number of aliphatic carboxylic acids is 1. The van der Waals surface area contributed by atoms with Gasteiger partial charge in [0, 0.05) is 24.3 Å². The standard InChI is InChI=1S/C13H23NO3S/c1-13(2,3)18-9-11(15)14-6-4-5-10(8-14)7-12(16)17/h10H,4-9H2,1-3H3,(H,16,17). The first-order valence-corrected chi connectivity index (χ1v) is 7.40. The minimum Gasteiger partial charge on any atom is -0.481 e. The van der Waals surface area contributed by atoms with Crippen molar-refractivity contribution in [2.24, 2.45) is 5.92 Å². The van der Waals surface area contributed by atoms with E-state index in [9.17, 15) is 9.59 Å². The minimum atomic E-state index is -0.765. The van der Waals surface area contributed by atoms with Crippen molar-refractivity contribution in [1.82, 2.24) is 4.90 Å².